The van der Waals surface area contributed by atoms with Crippen LogP contribution in [0.15, 0.2) is 30.5 Å². The van der Waals surface area contributed by atoms with Crippen molar-refractivity contribution in [3.05, 3.63) is 36.0 Å². The van der Waals surface area contributed by atoms with E-state index in [9.17, 15) is 0 Å². The Morgan fingerprint density at radius 1 is 1.29 bits per heavy atom. The molecule has 14 heavy (non-hydrogen) atoms. The quantitative estimate of drug-likeness (QED) is 0.666. The van der Waals surface area contributed by atoms with Crippen LogP contribution in [0.1, 0.15) is 24.4 Å². The van der Waals surface area contributed by atoms with E-state index in [-0.39, 0.29) is 0 Å². The van der Waals surface area contributed by atoms with Crippen LogP contribution in [0, 0.1) is 11.3 Å². The second kappa shape index (κ2) is 2.62. The first kappa shape index (κ1) is 7.64. The molecule has 1 aromatic heterocycles. The molecule has 0 amide bonds. The van der Waals surface area contributed by atoms with E-state index in [1.165, 1.54) is 23.7 Å². The predicted molar refractivity (Wildman–Crippen MR) is 54.9 cm³/mol. The molecular formula is C12H10N2. The van der Waals surface area contributed by atoms with E-state index >= 15 is 0 Å². The molecule has 0 aliphatic heterocycles. The summed E-state index contributed by atoms with van der Waals surface area (Å²) in [5.74, 6) is 0. The van der Waals surface area contributed by atoms with Crippen molar-refractivity contribution in [2.75, 3.05) is 0 Å². The average molecular weight is 182 g/mol. The van der Waals surface area contributed by atoms with E-state index in [0.717, 1.165) is 5.56 Å². The van der Waals surface area contributed by atoms with Gasteiger partial charge in [-0.3, -0.25) is 0 Å². The number of rotatable bonds is 1. The molecule has 0 saturated heterocycles. The van der Waals surface area contributed by atoms with Gasteiger partial charge in [-0.1, -0.05) is 6.07 Å². The summed E-state index contributed by atoms with van der Waals surface area (Å²) in [6, 6.07) is 10.9. The van der Waals surface area contributed by atoms with Gasteiger partial charge in [-0.05, 0) is 36.4 Å². The zero-order valence-electron chi connectivity index (χ0n) is 7.77. The Kier molecular flexibility index (Phi) is 1.43. The summed E-state index contributed by atoms with van der Waals surface area (Å²) in [5, 5.41) is 10.1. The number of benzene rings is 1. The fourth-order valence-electron chi connectivity index (χ4n) is 1.89. The molecule has 1 aliphatic carbocycles. The lowest BCUT2D eigenvalue weighted by molar-refractivity contribution is 0.776. The highest BCUT2D eigenvalue weighted by atomic mass is 15.0. The van der Waals surface area contributed by atoms with Crippen molar-refractivity contribution in [2.45, 2.75) is 18.9 Å². The lowest BCUT2D eigenvalue weighted by Gasteiger charge is -2.01. The summed E-state index contributed by atoms with van der Waals surface area (Å²) < 4.78 is 2.29. The van der Waals surface area contributed by atoms with E-state index < -0.39 is 0 Å². The molecule has 0 bridgehead atoms. The Morgan fingerprint density at radius 2 is 2.14 bits per heavy atom. The van der Waals surface area contributed by atoms with Crippen LogP contribution in [0.4, 0.5) is 0 Å². The molecule has 2 aromatic rings. The first-order valence-corrected chi connectivity index (χ1v) is 4.89. The number of hydrogen-bond acceptors (Lipinski definition) is 1. The highest BCUT2D eigenvalue weighted by Gasteiger charge is 2.24. The monoisotopic (exact) mass is 182 g/mol. The molecule has 68 valence electrons. The van der Waals surface area contributed by atoms with Crippen LogP contribution in [-0.2, 0) is 0 Å². The molecule has 0 radical (unpaired) electrons. The molecular weight excluding hydrogens is 172 g/mol. The van der Waals surface area contributed by atoms with Gasteiger partial charge in [-0.25, -0.2) is 0 Å². The highest BCUT2D eigenvalue weighted by Crippen LogP contribution is 2.37. The van der Waals surface area contributed by atoms with Crippen LogP contribution in [0.2, 0.25) is 0 Å². The molecule has 2 heteroatoms. The van der Waals surface area contributed by atoms with Crippen LogP contribution in [-0.4, -0.2) is 4.57 Å². The van der Waals surface area contributed by atoms with E-state index in [2.05, 4.69) is 22.9 Å². The maximum absolute atomic E-state index is 8.82. The summed E-state index contributed by atoms with van der Waals surface area (Å²) in [6.45, 7) is 0. The Bertz CT molecular complexity index is 527. The van der Waals surface area contributed by atoms with E-state index in [0.29, 0.717) is 6.04 Å². The third-order valence-corrected chi connectivity index (χ3v) is 2.79. The SMILES string of the molecule is N#Cc1ccc2ccn(C3CC3)c2c1. The number of nitriles is 1. The molecule has 1 aromatic carbocycles. The van der Waals surface area contributed by atoms with Gasteiger partial charge in [0.1, 0.15) is 0 Å². The fraction of sp³-hybridized carbons (Fsp3) is 0.250. The minimum atomic E-state index is 0.682. The van der Waals surface area contributed by atoms with Gasteiger partial charge in [0.15, 0.2) is 0 Å². The number of nitrogens with zero attached hydrogens (tertiary/aromatic N) is 2. The van der Waals surface area contributed by atoms with E-state index in [1.807, 2.05) is 18.2 Å². The van der Waals surface area contributed by atoms with Crippen molar-refractivity contribution in [3.63, 3.8) is 0 Å². The molecule has 1 fully saturated rings. The number of aromatic nitrogens is 1. The molecule has 3 rings (SSSR count). The molecule has 0 N–H and O–H groups in total. The van der Waals surface area contributed by atoms with Gasteiger partial charge in [0.05, 0.1) is 11.6 Å². The van der Waals surface area contributed by atoms with E-state index in [4.69, 9.17) is 5.26 Å². The third-order valence-electron chi connectivity index (χ3n) is 2.79. The molecule has 1 aliphatic rings. The fourth-order valence-corrected chi connectivity index (χ4v) is 1.89. The van der Waals surface area contributed by atoms with Crippen molar-refractivity contribution in [2.24, 2.45) is 0 Å². The normalized spacial score (nSPS) is 15.6. The lowest BCUT2D eigenvalue weighted by Crippen LogP contribution is -1.90. The van der Waals surface area contributed by atoms with Crippen LogP contribution in [0.3, 0.4) is 0 Å². The van der Waals surface area contributed by atoms with Crippen molar-refractivity contribution >= 4 is 10.9 Å². The standard InChI is InChI=1S/C12H10N2/c13-8-9-1-2-10-5-6-14(11-3-4-11)12(10)7-9/h1-2,5-7,11H,3-4H2. The van der Waals surface area contributed by atoms with Gasteiger partial charge in [0.25, 0.3) is 0 Å². The Balaban J connectivity index is 2.27. The molecule has 0 atom stereocenters. The van der Waals surface area contributed by atoms with Crippen molar-refractivity contribution in [3.8, 4) is 6.07 Å². The summed E-state index contributed by atoms with van der Waals surface area (Å²) in [5.41, 5.74) is 1.95. The molecule has 1 saturated carbocycles. The maximum atomic E-state index is 8.82. The van der Waals surface area contributed by atoms with Gasteiger partial charge >= 0.3 is 0 Å². The van der Waals surface area contributed by atoms with E-state index in [1.54, 1.807) is 0 Å². The zero-order valence-corrected chi connectivity index (χ0v) is 7.77. The van der Waals surface area contributed by atoms with Crippen LogP contribution in [0.25, 0.3) is 10.9 Å². The molecule has 1 heterocycles. The summed E-state index contributed by atoms with van der Waals surface area (Å²) in [7, 11) is 0. The molecule has 0 spiro atoms. The maximum Gasteiger partial charge on any atom is 0.0992 e. The second-order valence-corrected chi connectivity index (χ2v) is 3.84. The van der Waals surface area contributed by atoms with Gasteiger partial charge in [0, 0.05) is 17.8 Å². The minimum absolute atomic E-state index is 0.682. The summed E-state index contributed by atoms with van der Waals surface area (Å²) in [4.78, 5) is 0. The number of fused-ring (bicyclic) bond motifs is 1. The number of hydrogen-bond donors (Lipinski definition) is 0. The average Bonchev–Trinajstić information content (AvgIpc) is 2.98. The Morgan fingerprint density at radius 3 is 2.86 bits per heavy atom. The van der Waals surface area contributed by atoms with Crippen LogP contribution < -0.4 is 0 Å². The zero-order chi connectivity index (χ0) is 9.54. The van der Waals surface area contributed by atoms with Crippen LogP contribution in [0.5, 0.6) is 0 Å². The summed E-state index contributed by atoms with van der Waals surface area (Å²) in [6.07, 6.45) is 4.69. The largest absolute Gasteiger partial charge is 0.344 e. The highest BCUT2D eigenvalue weighted by molar-refractivity contribution is 5.81. The van der Waals surface area contributed by atoms with Gasteiger partial charge in [-0.2, -0.15) is 5.26 Å². The van der Waals surface area contributed by atoms with Gasteiger partial charge in [-0.15, -0.1) is 0 Å². The van der Waals surface area contributed by atoms with Crippen LogP contribution >= 0.6 is 0 Å². The second-order valence-electron chi connectivity index (χ2n) is 3.84. The van der Waals surface area contributed by atoms with Crippen molar-refractivity contribution in [1.82, 2.24) is 4.57 Å². The Labute approximate surface area is 82.4 Å². The van der Waals surface area contributed by atoms with Crippen molar-refractivity contribution in [1.29, 1.82) is 5.26 Å². The first-order valence-electron chi connectivity index (χ1n) is 4.89. The van der Waals surface area contributed by atoms with Gasteiger partial charge in [0.2, 0.25) is 0 Å². The van der Waals surface area contributed by atoms with Gasteiger partial charge < -0.3 is 4.57 Å². The first-order chi connectivity index (χ1) is 6.88. The smallest absolute Gasteiger partial charge is 0.0992 e. The molecule has 0 unspecified atom stereocenters. The third kappa shape index (κ3) is 1.03. The lowest BCUT2D eigenvalue weighted by atomic mass is 10.2. The topological polar surface area (TPSA) is 28.7 Å². The predicted octanol–water partition coefficient (Wildman–Crippen LogP) is 2.85. The van der Waals surface area contributed by atoms with Crippen molar-refractivity contribution < 1.29 is 0 Å². The molecule has 2 nitrogen and oxygen atoms in total. The Hall–Kier alpha value is -1.75. The summed E-state index contributed by atoms with van der Waals surface area (Å²) >= 11 is 0. The minimum Gasteiger partial charge on any atom is -0.344 e.